The molecule has 1 aliphatic carbocycles. The number of nitrogens with one attached hydrogen (secondary N) is 1. The molecule has 2 atom stereocenters. The van der Waals surface area contributed by atoms with E-state index in [1.54, 1.807) is 0 Å². The molecule has 2 heteroatoms. The van der Waals surface area contributed by atoms with Gasteiger partial charge in [-0.3, -0.25) is 0 Å². The van der Waals surface area contributed by atoms with Gasteiger partial charge in [-0.05, 0) is 63.8 Å². The van der Waals surface area contributed by atoms with E-state index in [1.165, 1.54) is 70.8 Å². The topological polar surface area (TPSA) is 21.3 Å². The Morgan fingerprint density at radius 2 is 1.89 bits per heavy atom. The third kappa shape index (κ3) is 4.55. The zero-order valence-electron chi connectivity index (χ0n) is 12.1. The molecule has 18 heavy (non-hydrogen) atoms. The molecule has 106 valence electrons. The smallest absolute Gasteiger partial charge is 0.0575 e. The summed E-state index contributed by atoms with van der Waals surface area (Å²) in [5, 5.41) is 3.80. The van der Waals surface area contributed by atoms with Crippen LogP contribution in [0.25, 0.3) is 0 Å². The van der Waals surface area contributed by atoms with Crippen molar-refractivity contribution >= 4 is 0 Å². The van der Waals surface area contributed by atoms with Crippen molar-refractivity contribution in [3.05, 3.63) is 0 Å². The van der Waals surface area contributed by atoms with Gasteiger partial charge in [0.2, 0.25) is 0 Å². The highest BCUT2D eigenvalue weighted by Gasteiger charge is 2.25. The lowest BCUT2D eigenvalue weighted by Gasteiger charge is -2.28. The highest BCUT2D eigenvalue weighted by Crippen LogP contribution is 2.30. The lowest BCUT2D eigenvalue weighted by Crippen LogP contribution is -2.36. The third-order valence-corrected chi connectivity index (χ3v) is 4.70. The molecule has 2 aliphatic rings. The first-order valence-corrected chi connectivity index (χ1v) is 8.25. The molecule has 1 saturated carbocycles. The SMILES string of the molecule is CCCNC(CCC1CCCCO1)C1CCCC1. The average molecular weight is 253 g/mol. The van der Waals surface area contributed by atoms with Gasteiger partial charge in [-0.15, -0.1) is 0 Å². The quantitative estimate of drug-likeness (QED) is 0.743. The highest BCUT2D eigenvalue weighted by molar-refractivity contribution is 4.81. The lowest BCUT2D eigenvalue weighted by molar-refractivity contribution is 0.00752. The van der Waals surface area contributed by atoms with Crippen molar-refractivity contribution in [1.82, 2.24) is 5.32 Å². The Balaban J connectivity index is 1.72. The van der Waals surface area contributed by atoms with E-state index in [4.69, 9.17) is 4.74 Å². The second-order valence-corrected chi connectivity index (χ2v) is 6.17. The molecule has 2 rings (SSSR count). The molecule has 1 heterocycles. The number of ether oxygens (including phenoxy) is 1. The fourth-order valence-corrected chi connectivity index (χ4v) is 3.59. The summed E-state index contributed by atoms with van der Waals surface area (Å²) >= 11 is 0. The predicted octanol–water partition coefficient (Wildman–Crippen LogP) is 3.89. The molecule has 0 aromatic heterocycles. The highest BCUT2D eigenvalue weighted by atomic mass is 16.5. The molecule has 0 bridgehead atoms. The summed E-state index contributed by atoms with van der Waals surface area (Å²) in [4.78, 5) is 0. The van der Waals surface area contributed by atoms with Crippen LogP contribution in [0, 0.1) is 5.92 Å². The lowest BCUT2D eigenvalue weighted by atomic mass is 9.91. The van der Waals surface area contributed by atoms with Crippen molar-refractivity contribution in [3.63, 3.8) is 0 Å². The number of hydrogen-bond donors (Lipinski definition) is 1. The van der Waals surface area contributed by atoms with Crippen molar-refractivity contribution in [3.8, 4) is 0 Å². The van der Waals surface area contributed by atoms with E-state index in [-0.39, 0.29) is 0 Å². The van der Waals surface area contributed by atoms with Crippen LogP contribution in [0.3, 0.4) is 0 Å². The Hall–Kier alpha value is -0.0800. The molecule has 0 amide bonds. The summed E-state index contributed by atoms with van der Waals surface area (Å²) in [5.74, 6) is 0.945. The largest absolute Gasteiger partial charge is 0.378 e. The summed E-state index contributed by atoms with van der Waals surface area (Å²) in [5.41, 5.74) is 0. The van der Waals surface area contributed by atoms with Gasteiger partial charge in [0.15, 0.2) is 0 Å². The number of hydrogen-bond acceptors (Lipinski definition) is 2. The molecular weight excluding hydrogens is 222 g/mol. The standard InChI is InChI=1S/C16H31NO/c1-2-12-17-16(14-7-3-4-8-14)11-10-15-9-5-6-13-18-15/h14-17H,2-13H2,1H3. The summed E-state index contributed by atoms with van der Waals surface area (Å²) in [6.45, 7) is 4.46. The maximum Gasteiger partial charge on any atom is 0.0575 e. The van der Waals surface area contributed by atoms with Crippen LogP contribution in [0.15, 0.2) is 0 Å². The van der Waals surface area contributed by atoms with Gasteiger partial charge in [0.05, 0.1) is 6.10 Å². The Labute approximate surface area is 113 Å². The van der Waals surface area contributed by atoms with Gasteiger partial charge < -0.3 is 10.1 Å². The average Bonchev–Trinajstić information content (AvgIpc) is 2.94. The van der Waals surface area contributed by atoms with Crippen molar-refractivity contribution in [2.24, 2.45) is 5.92 Å². The first kappa shape index (κ1) is 14.3. The van der Waals surface area contributed by atoms with Gasteiger partial charge in [0.25, 0.3) is 0 Å². The zero-order chi connectivity index (χ0) is 12.6. The molecule has 2 nitrogen and oxygen atoms in total. The second kappa shape index (κ2) is 8.16. The second-order valence-electron chi connectivity index (χ2n) is 6.17. The van der Waals surface area contributed by atoms with Crippen molar-refractivity contribution in [2.45, 2.75) is 83.3 Å². The fourth-order valence-electron chi connectivity index (χ4n) is 3.59. The first-order chi connectivity index (χ1) is 8.90. The van der Waals surface area contributed by atoms with Gasteiger partial charge in [0, 0.05) is 12.6 Å². The summed E-state index contributed by atoms with van der Waals surface area (Å²) in [6.07, 6.45) is 14.2. The van der Waals surface area contributed by atoms with Crippen LogP contribution in [-0.2, 0) is 4.74 Å². The summed E-state index contributed by atoms with van der Waals surface area (Å²) < 4.78 is 5.87. The van der Waals surface area contributed by atoms with Crippen molar-refractivity contribution in [1.29, 1.82) is 0 Å². The van der Waals surface area contributed by atoms with Crippen LogP contribution >= 0.6 is 0 Å². The summed E-state index contributed by atoms with van der Waals surface area (Å²) in [7, 11) is 0. The van der Waals surface area contributed by atoms with Gasteiger partial charge in [-0.2, -0.15) is 0 Å². The minimum atomic E-state index is 0.561. The normalized spacial score (nSPS) is 27.5. The van der Waals surface area contributed by atoms with Crippen LogP contribution in [-0.4, -0.2) is 25.3 Å². The third-order valence-electron chi connectivity index (χ3n) is 4.70. The maximum absolute atomic E-state index is 5.87. The minimum Gasteiger partial charge on any atom is -0.378 e. The van der Waals surface area contributed by atoms with E-state index >= 15 is 0 Å². The Morgan fingerprint density at radius 1 is 1.11 bits per heavy atom. The monoisotopic (exact) mass is 253 g/mol. The fraction of sp³-hybridized carbons (Fsp3) is 1.00. The molecule has 0 spiro atoms. The molecule has 1 saturated heterocycles. The predicted molar refractivity (Wildman–Crippen MR) is 76.9 cm³/mol. The van der Waals surface area contributed by atoms with E-state index in [2.05, 4.69) is 12.2 Å². The molecular formula is C16H31NO. The Morgan fingerprint density at radius 3 is 2.56 bits per heavy atom. The molecule has 0 aromatic rings. The Bertz CT molecular complexity index is 207. The van der Waals surface area contributed by atoms with Crippen LogP contribution in [0.2, 0.25) is 0 Å². The van der Waals surface area contributed by atoms with Gasteiger partial charge in [-0.25, -0.2) is 0 Å². The van der Waals surface area contributed by atoms with Crippen LogP contribution in [0.4, 0.5) is 0 Å². The van der Waals surface area contributed by atoms with E-state index in [1.807, 2.05) is 0 Å². The van der Waals surface area contributed by atoms with Crippen LogP contribution in [0.1, 0.15) is 71.1 Å². The minimum absolute atomic E-state index is 0.561. The van der Waals surface area contributed by atoms with E-state index in [9.17, 15) is 0 Å². The van der Waals surface area contributed by atoms with Gasteiger partial charge in [0.1, 0.15) is 0 Å². The molecule has 2 fully saturated rings. The van der Waals surface area contributed by atoms with Crippen molar-refractivity contribution < 1.29 is 4.74 Å². The van der Waals surface area contributed by atoms with E-state index < -0.39 is 0 Å². The first-order valence-electron chi connectivity index (χ1n) is 8.25. The maximum atomic E-state index is 5.87. The summed E-state index contributed by atoms with van der Waals surface area (Å²) in [6, 6.07) is 0.762. The number of rotatable bonds is 7. The van der Waals surface area contributed by atoms with Gasteiger partial charge >= 0.3 is 0 Å². The molecule has 0 radical (unpaired) electrons. The van der Waals surface area contributed by atoms with Crippen LogP contribution < -0.4 is 5.32 Å². The Kier molecular flexibility index (Phi) is 6.50. The van der Waals surface area contributed by atoms with E-state index in [0.29, 0.717) is 6.10 Å². The molecule has 1 N–H and O–H groups in total. The van der Waals surface area contributed by atoms with Crippen molar-refractivity contribution in [2.75, 3.05) is 13.2 Å². The zero-order valence-corrected chi connectivity index (χ0v) is 12.1. The van der Waals surface area contributed by atoms with Crippen LogP contribution in [0.5, 0.6) is 0 Å². The van der Waals surface area contributed by atoms with E-state index in [0.717, 1.165) is 18.6 Å². The van der Waals surface area contributed by atoms with Gasteiger partial charge in [-0.1, -0.05) is 19.8 Å². The molecule has 1 aliphatic heterocycles. The molecule has 2 unspecified atom stereocenters. The molecule has 0 aromatic carbocycles.